The number of carbonyl (C=O) groups excluding carboxylic acids is 1. The van der Waals surface area contributed by atoms with Crippen molar-refractivity contribution in [1.82, 2.24) is 14.8 Å². The maximum absolute atomic E-state index is 12.4. The summed E-state index contributed by atoms with van der Waals surface area (Å²) in [6.45, 7) is 0.453. The van der Waals surface area contributed by atoms with Gasteiger partial charge in [-0.25, -0.2) is 4.79 Å². The van der Waals surface area contributed by atoms with Crippen molar-refractivity contribution in [1.29, 1.82) is 0 Å². The highest BCUT2D eigenvalue weighted by Gasteiger charge is 2.18. The highest BCUT2D eigenvalue weighted by atomic mass is 32.1. The van der Waals surface area contributed by atoms with Crippen LogP contribution < -0.4 is 14.2 Å². The Hall–Kier alpha value is -3.33. The Balaban J connectivity index is 1.68. The summed E-state index contributed by atoms with van der Waals surface area (Å²) in [6.07, 6.45) is 0. The number of rotatable bonds is 8. The number of esters is 1. The molecule has 0 saturated heterocycles. The number of aromatic amines is 1. The molecule has 0 aliphatic carbocycles. The molecule has 29 heavy (non-hydrogen) atoms. The molecule has 3 rings (SSSR count). The van der Waals surface area contributed by atoms with E-state index in [0.29, 0.717) is 34.4 Å². The van der Waals surface area contributed by atoms with Crippen molar-refractivity contribution < 1.29 is 23.7 Å². The van der Waals surface area contributed by atoms with Crippen LogP contribution in [0, 0.1) is 4.77 Å². The molecule has 1 aromatic heterocycles. The number of hydrogen-bond donors (Lipinski definition) is 1. The van der Waals surface area contributed by atoms with Crippen LogP contribution in [-0.2, 0) is 11.3 Å². The summed E-state index contributed by atoms with van der Waals surface area (Å²) in [5.74, 6) is 1.30. The van der Waals surface area contributed by atoms with Crippen LogP contribution in [0.4, 0.5) is 0 Å². The van der Waals surface area contributed by atoms with E-state index in [1.54, 1.807) is 16.8 Å². The van der Waals surface area contributed by atoms with E-state index < -0.39 is 5.97 Å². The maximum Gasteiger partial charge on any atom is 0.338 e. The summed E-state index contributed by atoms with van der Waals surface area (Å²) in [4.78, 5) is 16.8. The minimum Gasteiger partial charge on any atom is -0.493 e. The van der Waals surface area contributed by atoms with Gasteiger partial charge in [-0.15, -0.1) is 0 Å². The van der Waals surface area contributed by atoms with E-state index in [9.17, 15) is 4.79 Å². The van der Waals surface area contributed by atoms with Gasteiger partial charge in [0.2, 0.25) is 10.5 Å². The zero-order valence-corrected chi connectivity index (χ0v) is 17.1. The van der Waals surface area contributed by atoms with Crippen molar-refractivity contribution in [3.63, 3.8) is 0 Å². The molecule has 1 heterocycles. The summed E-state index contributed by atoms with van der Waals surface area (Å²) in [6, 6.07) is 12.7. The van der Waals surface area contributed by atoms with Crippen LogP contribution in [0.1, 0.15) is 10.4 Å². The Kier molecular flexibility index (Phi) is 6.50. The molecule has 1 N–H and O–H groups in total. The second-order valence-electron chi connectivity index (χ2n) is 5.92. The quantitative estimate of drug-likeness (QED) is 0.445. The lowest BCUT2D eigenvalue weighted by Gasteiger charge is -2.13. The minimum absolute atomic E-state index is 0.111. The molecule has 2 aromatic carbocycles. The van der Waals surface area contributed by atoms with Gasteiger partial charge in [0.15, 0.2) is 17.3 Å². The van der Waals surface area contributed by atoms with Crippen LogP contribution in [0.2, 0.25) is 0 Å². The Morgan fingerprint density at radius 3 is 2.31 bits per heavy atom. The zero-order chi connectivity index (χ0) is 20.8. The van der Waals surface area contributed by atoms with Gasteiger partial charge in [0.25, 0.3) is 0 Å². The fourth-order valence-corrected chi connectivity index (χ4v) is 2.97. The molecule has 0 unspecified atom stereocenters. The third-order valence-electron chi connectivity index (χ3n) is 4.17. The second-order valence-corrected chi connectivity index (χ2v) is 6.29. The SMILES string of the molecule is COc1cc(C(=O)OCCn2[nH]c(-c3ccccc3)nc2=S)cc(OC)c1OC. The number of ether oxygens (including phenoxy) is 4. The molecule has 0 fully saturated rings. The monoisotopic (exact) mass is 415 g/mol. The Morgan fingerprint density at radius 2 is 1.72 bits per heavy atom. The highest BCUT2D eigenvalue weighted by molar-refractivity contribution is 7.71. The minimum atomic E-state index is -0.515. The molecule has 0 aliphatic rings. The van der Waals surface area contributed by atoms with Gasteiger partial charge in [0.1, 0.15) is 6.61 Å². The van der Waals surface area contributed by atoms with E-state index in [4.69, 9.17) is 31.2 Å². The lowest BCUT2D eigenvalue weighted by atomic mass is 10.2. The molecule has 8 nitrogen and oxygen atoms in total. The van der Waals surface area contributed by atoms with E-state index in [-0.39, 0.29) is 12.2 Å². The molecule has 0 radical (unpaired) electrons. The van der Waals surface area contributed by atoms with Crippen molar-refractivity contribution in [2.45, 2.75) is 6.54 Å². The lowest BCUT2D eigenvalue weighted by Crippen LogP contribution is -2.13. The second kappa shape index (κ2) is 9.24. The molecule has 0 atom stereocenters. The topological polar surface area (TPSA) is 87.6 Å². The number of hydrogen-bond acceptors (Lipinski definition) is 7. The molecule has 9 heteroatoms. The number of H-pyrrole nitrogens is 1. The number of nitrogens with zero attached hydrogens (tertiary/aromatic N) is 2. The molecule has 152 valence electrons. The number of benzene rings is 2. The van der Waals surface area contributed by atoms with Crippen molar-refractivity contribution in [3.05, 3.63) is 52.8 Å². The molecular formula is C20H21N3O5S. The van der Waals surface area contributed by atoms with Gasteiger partial charge in [0.05, 0.1) is 33.4 Å². The fraction of sp³-hybridized carbons (Fsp3) is 0.250. The lowest BCUT2D eigenvalue weighted by molar-refractivity contribution is 0.0486. The predicted octanol–water partition coefficient (Wildman–Crippen LogP) is 3.49. The molecule has 0 saturated carbocycles. The molecule has 3 aromatic rings. The third kappa shape index (κ3) is 4.57. The summed E-state index contributed by atoms with van der Waals surface area (Å²) < 4.78 is 23.2. The summed E-state index contributed by atoms with van der Waals surface area (Å²) >= 11 is 5.27. The predicted molar refractivity (Wildman–Crippen MR) is 109 cm³/mol. The van der Waals surface area contributed by atoms with Gasteiger partial charge >= 0.3 is 5.97 Å². The van der Waals surface area contributed by atoms with Crippen LogP contribution in [0.15, 0.2) is 42.5 Å². The smallest absolute Gasteiger partial charge is 0.338 e. The van der Waals surface area contributed by atoms with Crippen molar-refractivity contribution in [3.8, 4) is 28.6 Å². The third-order valence-corrected chi connectivity index (χ3v) is 4.49. The highest BCUT2D eigenvalue weighted by Crippen LogP contribution is 2.38. The van der Waals surface area contributed by atoms with Gasteiger partial charge in [-0.3, -0.25) is 9.78 Å². The molecule has 0 amide bonds. The van der Waals surface area contributed by atoms with E-state index >= 15 is 0 Å². The van der Waals surface area contributed by atoms with Crippen molar-refractivity contribution in [2.24, 2.45) is 0 Å². The standard InChI is InChI=1S/C20H21N3O5S/c1-25-15-11-14(12-16(26-2)17(15)27-3)19(24)28-10-9-23-20(29)21-18(22-23)13-7-5-4-6-8-13/h4-8,11-12H,9-10H2,1-3H3,(H,21,22,29). The van der Waals surface area contributed by atoms with Crippen molar-refractivity contribution in [2.75, 3.05) is 27.9 Å². The molecule has 0 bridgehead atoms. The van der Waals surface area contributed by atoms with E-state index in [1.165, 1.54) is 21.3 Å². The first-order valence-electron chi connectivity index (χ1n) is 8.76. The first-order chi connectivity index (χ1) is 14.1. The average Bonchev–Trinajstić information content (AvgIpc) is 3.13. The normalized spacial score (nSPS) is 10.4. The van der Waals surface area contributed by atoms with Gasteiger partial charge in [-0.1, -0.05) is 30.3 Å². The number of nitrogens with one attached hydrogen (secondary N) is 1. The van der Waals surface area contributed by atoms with Crippen LogP contribution in [0.5, 0.6) is 17.2 Å². The van der Waals surface area contributed by atoms with E-state index in [1.807, 2.05) is 30.3 Å². The zero-order valence-electron chi connectivity index (χ0n) is 16.3. The van der Waals surface area contributed by atoms with E-state index in [2.05, 4.69) is 10.1 Å². The Bertz CT molecular complexity index is 1020. The van der Waals surface area contributed by atoms with Gasteiger partial charge in [-0.2, -0.15) is 4.98 Å². The maximum atomic E-state index is 12.4. The number of aromatic nitrogens is 3. The number of carbonyl (C=O) groups is 1. The van der Waals surface area contributed by atoms with Crippen LogP contribution >= 0.6 is 12.2 Å². The average molecular weight is 415 g/mol. The Labute approximate surface area is 173 Å². The molecular weight excluding hydrogens is 394 g/mol. The van der Waals surface area contributed by atoms with Crippen LogP contribution in [-0.4, -0.2) is 48.7 Å². The van der Waals surface area contributed by atoms with Crippen molar-refractivity contribution >= 4 is 18.2 Å². The van der Waals surface area contributed by atoms with Gasteiger partial charge < -0.3 is 18.9 Å². The Morgan fingerprint density at radius 1 is 1.07 bits per heavy atom. The first-order valence-corrected chi connectivity index (χ1v) is 9.17. The number of methoxy groups -OCH3 is 3. The fourth-order valence-electron chi connectivity index (χ4n) is 2.75. The first kappa shape index (κ1) is 20.4. The molecule has 0 aliphatic heterocycles. The largest absolute Gasteiger partial charge is 0.493 e. The summed E-state index contributed by atoms with van der Waals surface area (Å²) in [7, 11) is 4.46. The van der Waals surface area contributed by atoms with Crippen LogP contribution in [0.25, 0.3) is 11.4 Å². The van der Waals surface area contributed by atoms with E-state index in [0.717, 1.165) is 5.56 Å². The molecule has 0 spiro atoms. The van der Waals surface area contributed by atoms with Gasteiger partial charge in [-0.05, 0) is 24.4 Å². The van der Waals surface area contributed by atoms with Gasteiger partial charge in [0, 0.05) is 5.56 Å². The summed E-state index contributed by atoms with van der Waals surface area (Å²) in [5, 5.41) is 3.12. The summed E-state index contributed by atoms with van der Waals surface area (Å²) in [5.41, 5.74) is 1.21. The van der Waals surface area contributed by atoms with Crippen LogP contribution in [0.3, 0.4) is 0 Å².